The minimum absolute atomic E-state index is 0.0157. The van der Waals surface area contributed by atoms with Gasteiger partial charge in [0, 0.05) is 24.9 Å². The van der Waals surface area contributed by atoms with Crippen LogP contribution in [0, 0.1) is 5.92 Å². The fourth-order valence-electron chi connectivity index (χ4n) is 4.11. The molecular formula is C19H31ClFN3O4. The normalized spacial score (nSPS) is 36.1. The van der Waals surface area contributed by atoms with Gasteiger partial charge in [-0.05, 0) is 38.5 Å². The third-order valence-corrected chi connectivity index (χ3v) is 6.30. The molecule has 3 N–H and O–H groups in total. The van der Waals surface area contributed by atoms with Gasteiger partial charge in [-0.25, -0.2) is 4.39 Å². The van der Waals surface area contributed by atoms with Crippen LogP contribution in [0.4, 0.5) is 4.39 Å². The molecule has 1 aliphatic heterocycles. The number of amides is 2. The molecule has 1 heterocycles. The number of nitrogens with one attached hydrogen (secondary N) is 3. The summed E-state index contributed by atoms with van der Waals surface area (Å²) in [6, 6.07) is 0.0625. The van der Waals surface area contributed by atoms with Gasteiger partial charge in [-0.1, -0.05) is 0 Å². The van der Waals surface area contributed by atoms with E-state index in [1.807, 2.05) is 0 Å². The maximum absolute atomic E-state index is 13.6. The molecule has 0 aromatic heterocycles. The highest BCUT2D eigenvalue weighted by Gasteiger charge is 2.31. The van der Waals surface area contributed by atoms with E-state index >= 15 is 0 Å². The highest BCUT2D eigenvalue weighted by atomic mass is 35.5. The summed E-state index contributed by atoms with van der Waals surface area (Å²) in [6.07, 6.45) is 3.15. The van der Waals surface area contributed by atoms with Crippen LogP contribution in [0.5, 0.6) is 0 Å². The maximum Gasteiger partial charge on any atom is 0.246 e. The molecule has 2 aliphatic carbocycles. The Balaban J connectivity index is 1.28. The smallest absolute Gasteiger partial charge is 0.246 e. The van der Waals surface area contributed by atoms with Crippen molar-refractivity contribution in [2.24, 2.45) is 5.92 Å². The number of hydrogen-bond donors (Lipinski definition) is 3. The summed E-state index contributed by atoms with van der Waals surface area (Å²) >= 11 is 5.86. The van der Waals surface area contributed by atoms with Crippen LogP contribution < -0.4 is 16.0 Å². The van der Waals surface area contributed by atoms with E-state index in [2.05, 4.69) is 16.0 Å². The lowest BCUT2D eigenvalue weighted by Crippen LogP contribution is -2.44. The molecular weight excluding hydrogens is 389 g/mol. The SMILES string of the molecule is O=C(COC1CCC(Cl)C(F)C1)NC1CCC(C(=O)NCC2NCCO2)CC1. The average Bonchev–Trinajstić information content (AvgIpc) is 3.21. The Labute approximate surface area is 170 Å². The summed E-state index contributed by atoms with van der Waals surface area (Å²) in [4.78, 5) is 24.4. The van der Waals surface area contributed by atoms with Gasteiger partial charge in [-0.15, -0.1) is 11.6 Å². The number of alkyl halides is 2. The number of halogens is 2. The fraction of sp³-hybridized carbons (Fsp3) is 0.895. The van der Waals surface area contributed by atoms with Crippen molar-refractivity contribution in [1.29, 1.82) is 0 Å². The van der Waals surface area contributed by atoms with Crippen LogP contribution in [0.1, 0.15) is 44.9 Å². The Hall–Kier alpha value is -0.960. The highest BCUT2D eigenvalue weighted by molar-refractivity contribution is 6.21. The Bertz CT molecular complexity index is 527. The van der Waals surface area contributed by atoms with E-state index in [-0.39, 0.29) is 49.1 Å². The number of hydrogen-bond acceptors (Lipinski definition) is 5. The lowest BCUT2D eigenvalue weighted by Gasteiger charge is -2.30. The Morgan fingerprint density at radius 2 is 1.96 bits per heavy atom. The van der Waals surface area contributed by atoms with Crippen molar-refractivity contribution in [2.75, 3.05) is 26.3 Å². The lowest BCUT2D eigenvalue weighted by molar-refractivity contribution is -0.130. The van der Waals surface area contributed by atoms with Gasteiger partial charge in [0.2, 0.25) is 11.8 Å². The molecule has 4 atom stereocenters. The molecule has 7 nitrogen and oxygen atoms in total. The second-order valence-corrected chi connectivity index (χ2v) is 8.51. The topological polar surface area (TPSA) is 88.7 Å². The zero-order valence-corrected chi connectivity index (χ0v) is 16.9. The maximum atomic E-state index is 13.6. The molecule has 0 aromatic rings. The Kier molecular flexibility index (Phi) is 8.32. The van der Waals surface area contributed by atoms with Crippen molar-refractivity contribution in [2.45, 2.75) is 74.9 Å². The first-order valence-corrected chi connectivity index (χ1v) is 10.8. The van der Waals surface area contributed by atoms with Crippen LogP contribution in [-0.4, -0.2) is 68.0 Å². The van der Waals surface area contributed by atoms with Crippen LogP contribution >= 0.6 is 11.6 Å². The van der Waals surface area contributed by atoms with E-state index in [1.165, 1.54) is 0 Å². The third-order valence-electron chi connectivity index (χ3n) is 5.81. The van der Waals surface area contributed by atoms with Gasteiger partial charge in [-0.2, -0.15) is 0 Å². The fourth-order valence-corrected chi connectivity index (χ4v) is 4.33. The summed E-state index contributed by atoms with van der Waals surface area (Å²) in [5, 5.41) is 8.63. The van der Waals surface area contributed by atoms with Gasteiger partial charge in [0.15, 0.2) is 0 Å². The molecule has 2 amide bonds. The van der Waals surface area contributed by atoms with Gasteiger partial charge in [0.1, 0.15) is 19.0 Å². The van der Waals surface area contributed by atoms with Crippen LogP contribution in [0.25, 0.3) is 0 Å². The molecule has 4 unspecified atom stereocenters. The van der Waals surface area contributed by atoms with E-state index in [4.69, 9.17) is 21.1 Å². The zero-order valence-electron chi connectivity index (χ0n) is 16.1. The first-order chi connectivity index (χ1) is 13.5. The molecule has 28 heavy (non-hydrogen) atoms. The van der Waals surface area contributed by atoms with Gasteiger partial charge in [-0.3, -0.25) is 14.9 Å². The summed E-state index contributed by atoms with van der Waals surface area (Å²) in [5.41, 5.74) is 0. The van der Waals surface area contributed by atoms with E-state index in [0.29, 0.717) is 26.0 Å². The standard InChI is InChI=1S/C19H31ClFN3O4/c20-15-6-5-14(9-16(15)21)28-11-17(25)24-13-3-1-12(2-4-13)19(26)23-10-18-22-7-8-27-18/h12-16,18,22H,1-11H2,(H,23,26)(H,24,25). The number of carbonyl (C=O) groups is 2. The predicted octanol–water partition coefficient (Wildman–Crippen LogP) is 1.24. The lowest BCUT2D eigenvalue weighted by atomic mass is 9.85. The van der Waals surface area contributed by atoms with E-state index in [1.54, 1.807) is 0 Å². The number of ether oxygens (including phenoxy) is 2. The summed E-state index contributed by atoms with van der Waals surface area (Å²) in [5.74, 6) is -0.139. The first-order valence-electron chi connectivity index (χ1n) is 10.3. The van der Waals surface area contributed by atoms with Crippen molar-refractivity contribution in [3.8, 4) is 0 Å². The molecule has 2 saturated carbocycles. The van der Waals surface area contributed by atoms with E-state index in [0.717, 1.165) is 32.2 Å². The summed E-state index contributed by atoms with van der Waals surface area (Å²) < 4.78 is 24.6. The molecule has 160 valence electrons. The molecule has 0 spiro atoms. The number of rotatable bonds is 7. The van der Waals surface area contributed by atoms with E-state index < -0.39 is 11.5 Å². The third kappa shape index (κ3) is 6.54. The van der Waals surface area contributed by atoms with Gasteiger partial charge in [0.25, 0.3) is 0 Å². The van der Waals surface area contributed by atoms with Crippen LogP contribution in [0.3, 0.4) is 0 Å². The highest BCUT2D eigenvalue weighted by Crippen LogP contribution is 2.28. The van der Waals surface area contributed by atoms with Gasteiger partial charge < -0.3 is 20.1 Å². The second-order valence-electron chi connectivity index (χ2n) is 7.95. The predicted molar refractivity (Wildman–Crippen MR) is 103 cm³/mol. The van der Waals surface area contributed by atoms with Crippen LogP contribution in [0.15, 0.2) is 0 Å². The van der Waals surface area contributed by atoms with Crippen LogP contribution in [-0.2, 0) is 19.1 Å². The largest absolute Gasteiger partial charge is 0.368 e. The average molecular weight is 420 g/mol. The Morgan fingerprint density at radius 3 is 2.64 bits per heavy atom. The molecule has 3 rings (SSSR count). The quantitative estimate of drug-likeness (QED) is 0.540. The summed E-state index contributed by atoms with van der Waals surface area (Å²) in [6.45, 7) is 1.92. The van der Waals surface area contributed by atoms with Crippen molar-refractivity contribution in [3.63, 3.8) is 0 Å². The molecule has 1 saturated heterocycles. The second kappa shape index (κ2) is 10.7. The van der Waals surface area contributed by atoms with Crippen molar-refractivity contribution in [3.05, 3.63) is 0 Å². The molecule has 9 heteroatoms. The van der Waals surface area contributed by atoms with Crippen molar-refractivity contribution >= 4 is 23.4 Å². The van der Waals surface area contributed by atoms with Crippen molar-refractivity contribution < 1.29 is 23.5 Å². The summed E-state index contributed by atoms with van der Waals surface area (Å²) in [7, 11) is 0. The number of carbonyl (C=O) groups excluding carboxylic acids is 2. The van der Waals surface area contributed by atoms with Gasteiger partial charge in [0.05, 0.1) is 24.6 Å². The molecule has 3 fully saturated rings. The van der Waals surface area contributed by atoms with Crippen molar-refractivity contribution in [1.82, 2.24) is 16.0 Å². The van der Waals surface area contributed by atoms with Gasteiger partial charge >= 0.3 is 0 Å². The Morgan fingerprint density at radius 1 is 1.18 bits per heavy atom. The molecule has 0 bridgehead atoms. The molecule has 3 aliphatic rings. The molecule has 0 aromatic carbocycles. The first kappa shape index (κ1) is 21.7. The molecule has 0 radical (unpaired) electrons. The van der Waals surface area contributed by atoms with E-state index in [9.17, 15) is 14.0 Å². The zero-order chi connectivity index (χ0) is 19.9. The van der Waals surface area contributed by atoms with Crippen LogP contribution in [0.2, 0.25) is 0 Å². The minimum Gasteiger partial charge on any atom is -0.368 e. The monoisotopic (exact) mass is 419 g/mol. The minimum atomic E-state index is -1.07.